The standard InChI is InChI=1S/C25H29F4NO/c26-23(16-30)3-1-2-18-6-14-24(15-7-18)31-17-19-4-8-20(9-5-19)21-10-12-22(13-11-21)25(27,28)29/h1-3,10-13,18-20,24H,4-9,14-15,17H2/t18-,19-,20-,24-. The summed E-state index contributed by atoms with van der Waals surface area (Å²) in [5, 5.41) is 8.40. The molecule has 2 aliphatic carbocycles. The number of benzene rings is 1. The first-order valence-electron chi connectivity index (χ1n) is 11.1. The summed E-state index contributed by atoms with van der Waals surface area (Å²) in [6.07, 6.45) is 8.82. The van der Waals surface area contributed by atoms with Gasteiger partial charge in [-0.3, -0.25) is 0 Å². The second-order valence-electron chi connectivity index (χ2n) is 8.72. The summed E-state index contributed by atoms with van der Waals surface area (Å²) in [4.78, 5) is 0. The smallest absolute Gasteiger partial charge is 0.378 e. The molecule has 0 aromatic heterocycles. The Kier molecular flexibility index (Phi) is 8.31. The summed E-state index contributed by atoms with van der Waals surface area (Å²) in [6, 6.07) is 7.09. The molecule has 0 amide bonds. The molecule has 0 saturated heterocycles. The van der Waals surface area contributed by atoms with E-state index in [1.165, 1.54) is 24.3 Å². The summed E-state index contributed by atoms with van der Waals surface area (Å²) >= 11 is 0. The average Bonchev–Trinajstić information content (AvgIpc) is 2.78. The number of allylic oxidation sites excluding steroid dienone is 4. The lowest BCUT2D eigenvalue weighted by atomic mass is 9.79. The molecule has 0 aliphatic heterocycles. The van der Waals surface area contributed by atoms with Crippen molar-refractivity contribution in [2.24, 2.45) is 11.8 Å². The molecule has 1 aromatic rings. The van der Waals surface area contributed by atoms with E-state index < -0.39 is 17.6 Å². The van der Waals surface area contributed by atoms with Crippen molar-refractivity contribution in [3.05, 3.63) is 59.4 Å². The molecule has 6 heteroatoms. The van der Waals surface area contributed by atoms with Crippen LogP contribution in [0.3, 0.4) is 0 Å². The van der Waals surface area contributed by atoms with Crippen molar-refractivity contribution in [2.45, 2.75) is 69.6 Å². The van der Waals surface area contributed by atoms with E-state index in [4.69, 9.17) is 10.00 Å². The van der Waals surface area contributed by atoms with E-state index in [2.05, 4.69) is 0 Å². The zero-order chi connectivity index (χ0) is 22.3. The Morgan fingerprint density at radius 2 is 1.65 bits per heavy atom. The Bertz CT molecular complexity index is 790. The largest absolute Gasteiger partial charge is 0.416 e. The number of rotatable bonds is 6. The average molecular weight is 436 g/mol. The lowest BCUT2D eigenvalue weighted by molar-refractivity contribution is -0.137. The highest BCUT2D eigenvalue weighted by molar-refractivity contribution is 5.27. The predicted octanol–water partition coefficient (Wildman–Crippen LogP) is 7.49. The Morgan fingerprint density at radius 3 is 2.23 bits per heavy atom. The first-order chi connectivity index (χ1) is 14.8. The van der Waals surface area contributed by atoms with E-state index in [9.17, 15) is 17.6 Å². The van der Waals surface area contributed by atoms with E-state index >= 15 is 0 Å². The maximum absolute atomic E-state index is 12.8. The second kappa shape index (κ2) is 10.9. The van der Waals surface area contributed by atoms with Gasteiger partial charge in [0.05, 0.1) is 11.7 Å². The van der Waals surface area contributed by atoms with Crippen molar-refractivity contribution in [3.8, 4) is 6.07 Å². The molecule has 2 aliphatic rings. The summed E-state index contributed by atoms with van der Waals surface area (Å²) < 4.78 is 57.1. The fraction of sp³-hybridized carbons (Fsp3) is 0.560. The number of hydrogen-bond acceptors (Lipinski definition) is 2. The van der Waals surface area contributed by atoms with Crippen LogP contribution in [-0.4, -0.2) is 12.7 Å². The SMILES string of the molecule is N#CC(F)=CC=C[C@H]1CC[C@H](OC[C@H]2CC[C@H](c3ccc(C(F)(F)F)cc3)CC2)CC1. The van der Waals surface area contributed by atoms with Crippen LogP contribution in [0.1, 0.15) is 68.4 Å². The Morgan fingerprint density at radius 1 is 1.00 bits per heavy atom. The molecule has 0 unspecified atom stereocenters. The molecular formula is C25H29F4NO. The van der Waals surface area contributed by atoms with E-state index in [0.717, 1.165) is 63.5 Å². The van der Waals surface area contributed by atoms with Crippen LogP contribution in [0, 0.1) is 23.2 Å². The first kappa shape index (κ1) is 23.5. The van der Waals surface area contributed by atoms with Crippen LogP contribution in [0.4, 0.5) is 17.6 Å². The van der Waals surface area contributed by atoms with E-state index in [0.29, 0.717) is 17.8 Å². The van der Waals surface area contributed by atoms with Gasteiger partial charge in [0.25, 0.3) is 0 Å². The van der Waals surface area contributed by atoms with Crippen LogP contribution in [0.5, 0.6) is 0 Å². The molecule has 31 heavy (non-hydrogen) atoms. The van der Waals surface area contributed by atoms with Crippen LogP contribution in [0.15, 0.2) is 48.3 Å². The summed E-state index contributed by atoms with van der Waals surface area (Å²) in [7, 11) is 0. The molecule has 0 N–H and O–H groups in total. The summed E-state index contributed by atoms with van der Waals surface area (Å²) in [5.41, 5.74) is 0.414. The number of alkyl halides is 3. The number of halogens is 4. The van der Waals surface area contributed by atoms with Crippen LogP contribution < -0.4 is 0 Å². The van der Waals surface area contributed by atoms with Gasteiger partial charge >= 0.3 is 6.18 Å². The fourth-order valence-electron chi connectivity index (χ4n) is 4.66. The molecule has 1 aromatic carbocycles. The molecule has 2 fully saturated rings. The van der Waals surface area contributed by atoms with Crippen molar-refractivity contribution in [1.29, 1.82) is 5.26 Å². The van der Waals surface area contributed by atoms with Crippen molar-refractivity contribution in [1.82, 2.24) is 0 Å². The van der Waals surface area contributed by atoms with Crippen LogP contribution >= 0.6 is 0 Å². The first-order valence-corrected chi connectivity index (χ1v) is 11.1. The number of nitriles is 1. The molecular weight excluding hydrogens is 406 g/mol. The maximum atomic E-state index is 12.8. The molecule has 3 rings (SSSR count). The Labute approximate surface area is 181 Å². The molecule has 0 heterocycles. The minimum absolute atomic E-state index is 0.267. The van der Waals surface area contributed by atoms with Crippen LogP contribution in [0.2, 0.25) is 0 Å². The monoisotopic (exact) mass is 435 g/mol. The summed E-state index contributed by atoms with van der Waals surface area (Å²) in [6.45, 7) is 0.751. The van der Waals surface area contributed by atoms with E-state index in [-0.39, 0.29) is 6.10 Å². The molecule has 0 radical (unpaired) electrons. The van der Waals surface area contributed by atoms with Gasteiger partial charge in [-0.15, -0.1) is 0 Å². The van der Waals surface area contributed by atoms with Gasteiger partial charge < -0.3 is 4.74 Å². The highest BCUT2D eigenvalue weighted by atomic mass is 19.4. The highest BCUT2D eigenvalue weighted by Crippen LogP contribution is 2.38. The maximum Gasteiger partial charge on any atom is 0.416 e. The van der Waals surface area contributed by atoms with Gasteiger partial charge in [-0.25, -0.2) is 0 Å². The third-order valence-corrected chi connectivity index (χ3v) is 6.58. The van der Waals surface area contributed by atoms with Crippen molar-refractivity contribution < 1.29 is 22.3 Å². The summed E-state index contributed by atoms with van der Waals surface area (Å²) in [5.74, 6) is 0.478. The Hall–Kier alpha value is -2.13. The molecule has 2 nitrogen and oxygen atoms in total. The van der Waals surface area contributed by atoms with Gasteiger partial charge in [0.15, 0.2) is 5.83 Å². The van der Waals surface area contributed by atoms with Gasteiger partial charge in [0.1, 0.15) is 6.07 Å². The third kappa shape index (κ3) is 7.21. The molecule has 2 saturated carbocycles. The zero-order valence-electron chi connectivity index (χ0n) is 17.6. The predicted molar refractivity (Wildman–Crippen MR) is 112 cm³/mol. The topological polar surface area (TPSA) is 33.0 Å². The molecule has 0 bridgehead atoms. The van der Waals surface area contributed by atoms with E-state index in [1.54, 1.807) is 18.2 Å². The molecule has 0 spiro atoms. The zero-order valence-corrected chi connectivity index (χ0v) is 17.6. The minimum Gasteiger partial charge on any atom is -0.378 e. The fourth-order valence-corrected chi connectivity index (χ4v) is 4.66. The lowest BCUT2D eigenvalue weighted by Gasteiger charge is -2.32. The van der Waals surface area contributed by atoms with Gasteiger partial charge in [0.2, 0.25) is 0 Å². The van der Waals surface area contributed by atoms with Crippen LogP contribution in [-0.2, 0) is 10.9 Å². The van der Waals surface area contributed by atoms with Crippen LogP contribution in [0.25, 0.3) is 0 Å². The van der Waals surface area contributed by atoms with Crippen molar-refractivity contribution >= 4 is 0 Å². The van der Waals surface area contributed by atoms with Crippen molar-refractivity contribution in [3.63, 3.8) is 0 Å². The van der Waals surface area contributed by atoms with Gasteiger partial charge in [-0.1, -0.05) is 24.3 Å². The number of ether oxygens (including phenoxy) is 1. The van der Waals surface area contributed by atoms with Gasteiger partial charge in [-0.2, -0.15) is 22.8 Å². The second-order valence-corrected chi connectivity index (χ2v) is 8.72. The number of nitrogens with zero attached hydrogens (tertiary/aromatic N) is 1. The highest BCUT2D eigenvalue weighted by Gasteiger charge is 2.31. The molecule has 168 valence electrons. The quantitative estimate of drug-likeness (QED) is 0.263. The van der Waals surface area contributed by atoms with Gasteiger partial charge in [0, 0.05) is 6.61 Å². The third-order valence-electron chi connectivity index (χ3n) is 6.58. The van der Waals surface area contributed by atoms with E-state index in [1.807, 2.05) is 6.08 Å². The minimum atomic E-state index is -4.28. The molecule has 0 atom stereocenters. The lowest BCUT2D eigenvalue weighted by Crippen LogP contribution is -2.25. The van der Waals surface area contributed by atoms with Crippen molar-refractivity contribution in [2.75, 3.05) is 6.61 Å². The number of hydrogen-bond donors (Lipinski definition) is 0. The Balaban J connectivity index is 1.35. The van der Waals surface area contributed by atoms with Gasteiger partial charge in [-0.05, 0) is 92.9 Å². The normalized spacial score (nSPS) is 27.9.